The molecule has 0 radical (unpaired) electrons. The minimum absolute atomic E-state index is 0.0598. The molecule has 340 valence electrons. The third-order valence-corrected chi connectivity index (χ3v) is 10.3. The molecule has 0 amide bonds. The highest BCUT2D eigenvalue weighted by Gasteiger charge is 2.27. The number of esters is 2. The van der Waals surface area contributed by atoms with Crippen LogP contribution in [0.15, 0.2) is 72.9 Å². The predicted octanol–water partition coefficient (Wildman–Crippen LogP) is 12.4. The van der Waals surface area contributed by atoms with Crippen molar-refractivity contribution < 1.29 is 47.8 Å². The molecule has 0 heterocycles. The van der Waals surface area contributed by atoms with Crippen LogP contribution >= 0.6 is 7.82 Å². The van der Waals surface area contributed by atoms with Gasteiger partial charge < -0.3 is 24.6 Å². The third kappa shape index (κ3) is 43.3. The summed E-state index contributed by atoms with van der Waals surface area (Å²) in [5.41, 5.74) is 0. The Morgan fingerprint density at radius 2 is 0.966 bits per heavy atom. The Hall–Kier alpha value is -2.59. The smallest absolute Gasteiger partial charge is 0.462 e. The van der Waals surface area contributed by atoms with Crippen molar-refractivity contribution in [1.29, 1.82) is 0 Å². The normalized spacial score (nSPS) is 14.5. The van der Waals surface area contributed by atoms with Crippen molar-refractivity contribution in [1.82, 2.24) is 0 Å². The number of hydrogen-bond acceptors (Lipinski definition) is 9. The minimum atomic E-state index is -4.64. The van der Waals surface area contributed by atoms with Crippen LogP contribution in [0.25, 0.3) is 0 Å². The van der Waals surface area contributed by atoms with Gasteiger partial charge in [-0.2, -0.15) is 0 Å². The molecule has 10 nitrogen and oxygen atoms in total. The summed E-state index contributed by atoms with van der Waals surface area (Å²) >= 11 is 0. The molecule has 0 aromatic heterocycles. The molecule has 3 N–H and O–H groups in total. The van der Waals surface area contributed by atoms with E-state index < -0.39 is 51.8 Å². The van der Waals surface area contributed by atoms with Gasteiger partial charge in [0.25, 0.3) is 0 Å². The number of allylic oxidation sites excluding steroid dienone is 12. The van der Waals surface area contributed by atoms with E-state index in [4.69, 9.17) is 19.1 Å². The molecule has 0 aliphatic rings. The number of phosphoric ester groups is 1. The number of carbonyl (C=O) groups is 2. The summed E-state index contributed by atoms with van der Waals surface area (Å²) in [7, 11) is -4.64. The zero-order valence-electron chi connectivity index (χ0n) is 36.9. The monoisotopic (exact) mass is 851 g/mol. The molecule has 0 bridgehead atoms. The first kappa shape index (κ1) is 56.4. The van der Waals surface area contributed by atoms with Gasteiger partial charge in [-0.3, -0.25) is 18.6 Å². The Morgan fingerprint density at radius 3 is 1.47 bits per heavy atom. The summed E-state index contributed by atoms with van der Waals surface area (Å²) < 4.78 is 32.6. The maximum Gasteiger partial charge on any atom is 0.472 e. The van der Waals surface area contributed by atoms with E-state index in [-0.39, 0.29) is 19.4 Å². The largest absolute Gasteiger partial charge is 0.472 e. The summed E-state index contributed by atoms with van der Waals surface area (Å²) in [6, 6.07) is 0. The molecule has 3 unspecified atom stereocenters. The van der Waals surface area contributed by atoms with Gasteiger partial charge in [-0.25, -0.2) is 4.57 Å². The summed E-state index contributed by atoms with van der Waals surface area (Å²) in [6.07, 6.45) is 50.4. The summed E-state index contributed by atoms with van der Waals surface area (Å²) in [5, 5.41) is 18.3. The first-order chi connectivity index (χ1) is 28.7. The Morgan fingerprint density at radius 1 is 0.525 bits per heavy atom. The number of phosphoric acid groups is 1. The number of aliphatic hydroxyl groups excluding tert-OH is 2. The van der Waals surface area contributed by atoms with Crippen molar-refractivity contribution >= 4 is 19.8 Å². The van der Waals surface area contributed by atoms with Gasteiger partial charge in [0.05, 0.1) is 19.8 Å². The highest BCUT2D eigenvalue weighted by atomic mass is 31.2. The van der Waals surface area contributed by atoms with Gasteiger partial charge in [-0.15, -0.1) is 0 Å². The molecule has 0 spiro atoms. The van der Waals surface area contributed by atoms with Gasteiger partial charge in [0, 0.05) is 12.8 Å². The quantitative estimate of drug-likeness (QED) is 0.0234. The van der Waals surface area contributed by atoms with Crippen molar-refractivity contribution in [3.05, 3.63) is 72.9 Å². The molecule has 0 fully saturated rings. The van der Waals surface area contributed by atoms with Gasteiger partial charge in [-0.05, 0) is 70.6 Å². The van der Waals surface area contributed by atoms with E-state index in [2.05, 4.69) is 79.1 Å². The van der Waals surface area contributed by atoms with Crippen LogP contribution in [0.1, 0.15) is 181 Å². The number of unbranched alkanes of at least 4 members (excludes halogenated alkanes) is 16. The molecular formula is C48H83O10P. The lowest BCUT2D eigenvalue weighted by molar-refractivity contribution is -0.161. The maximum absolute atomic E-state index is 12.6. The summed E-state index contributed by atoms with van der Waals surface area (Å²) in [6.45, 7) is 2.16. The van der Waals surface area contributed by atoms with E-state index >= 15 is 0 Å². The first-order valence-electron chi connectivity index (χ1n) is 22.9. The fourth-order valence-electron chi connectivity index (χ4n) is 5.86. The van der Waals surface area contributed by atoms with E-state index in [1.807, 2.05) is 12.2 Å². The van der Waals surface area contributed by atoms with Crippen molar-refractivity contribution in [3.8, 4) is 0 Å². The van der Waals surface area contributed by atoms with Crippen LogP contribution in [-0.2, 0) is 32.7 Å². The SMILES string of the molecule is CC/C=C\C/C=C\C/C=C\C/C=C\CCC(=O)OC(COC(=O)CCCCCCCCCCCCC/C=C\C/C=C\CCCCCCC)COP(=O)(O)OCC(O)CO. The van der Waals surface area contributed by atoms with Crippen LogP contribution in [0.4, 0.5) is 0 Å². The van der Waals surface area contributed by atoms with Crippen LogP contribution in [0.5, 0.6) is 0 Å². The second kappa shape index (κ2) is 43.5. The Kier molecular flexibility index (Phi) is 41.6. The molecule has 0 saturated carbocycles. The Bertz CT molecular complexity index is 1210. The Balaban J connectivity index is 4.25. The summed E-state index contributed by atoms with van der Waals surface area (Å²) in [4.78, 5) is 35.0. The van der Waals surface area contributed by atoms with Crippen LogP contribution in [-0.4, -0.2) is 65.7 Å². The number of rotatable bonds is 42. The van der Waals surface area contributed by atoms with Gasteiger partial charge in [-0.1, -0.05) is 170 Å². The van der Waals surface area contributed by atoms with Gasteiger partial charge >= 0.3 is 19.8 Å². The van der Waals surface area contributed by atoms with E-state index in [1.54, 1.807) is 0 Å². The molecule has 0 saturated heterocycles. The minimum Gasteiger partial charge on any atom is -0.462 e. The third-order valence-electron chi connectivity index (χ3n) is 9.36. The van der Waals surface area contributed by atoms with Crippen LogP contribution in [0, 0.1) is 0 Å². The van der Waals surface area contributed by atoms with E-state index in [0.717, 1.165) is 51.4 Å². The molecule has 0 aromatic carbocycles. The molecule has 0 aliphatic carbocycles. The second-order valence-electron chi connectivity index (χ2n) is 15.0. The average molecular weight is 851 g/mol. The van der Waals surface area contributed by atoms with Crippen LogP contribution < -0.4 is 0 Å². The highest BCUT2D eigenvalue weighted by molar-refractivity contribution is 7.47. The molecular weight excluding hydrogens is 767 g/mol. The first-order valence-corrected chi connectivity index (χ1v) is 24.4. The zero-order valence-corrected chi connectivity index (χ0v) is 37.8. The molecule has 0 aliphatic heterocycles. The van der Waals surface area contributed by atoms with Crippen molar-refractivity contribution in [2.24, 2.45) is 0 Å². The van der Waals surface area contributed by atoms with Crippen LogP contribution in [0.3, 0.4) is 0 Å². The standard InChI is InChI=1S/C48H83O10P/c1-3-5-7-9-11-13-15-17-18-19-20-21-22-23-24-25-26-28-29-31-33-35-37-39-47(51)55-43-46(44-57-59(53,54)56-42-45(50)41-49)58-48(52)40-38-36-34-32-30-27-16-14-12-10-8-6-4-2/h6,8,12,14-15,17,19-20,27,30,34,36,45-46,49-50H,3-5,7,9-11,13,16,18,21-26,28-29,31-33,35,37-44H2,1-2H3,(H,53,54)/b8-6-,14-12-,17-15-,20-19-,30-27-,36-34-. The Labute approximate surface area is 358 Å². The second-order valence-corrected chi connectivity index (χ2v) is 16.5. The lowest BCUT2D eigenvalue weighted by Crippen LogP contribution is -2.29. The number of aliphatic hydroxyl groups is 2. The fourth-order valence-corrected chi connectivity index (χ4v) is 6.65. The average Bonchev–Trinajstić information content (AvgIpc) is 3.22. The zero-order chi connectivity index (χ0) is 43.3. The molecule has 59 heavy (non-hydrogen) atoms. The maximum atomic E-state index is 12.6. The molecule has 3 atom stereocenters. The number of ether oxygens (including phenoxy) is 2. The van der Waals surface area contributed by atoms with Gasteiger partial charge in [0.15, 0.2) is 6.10 Å². The number of hydrogen-bond donors (Lipinski definition) is 3. The lowest BCUT2D eigenvalue weighted by Gasteiger charge is -2.20. The van der Waals surface area contributed by atoms with Crippen molar-refractivity contribution in [2.45, 2.75) is 193 Å². The van der Waals surface area contributed by atoms with E-state index in [1.165, 1.54) is 89.9 Å². The number of carbonyl (C=O) groups excluding carboxylic acids is 2. The lowest BCUT2D eigenvalue weighted by atomic mass is 10.0. The van der Waals surface area contributed by atoms with Gasteiger partial charge in [0.1, 0.15) is 12.7 Å². The van der Waals surface area contributed by atoms with Gasteiger partial charge in [0.2, 0.25) is 0 Å². The van der Waals surface area contributed by atoms with Crippen LogP contribution in [0.2, 0.25) is 0 Å². The summed E-state index contributed by atoms with van der Waals surface area (Å²) in [5.74, 6) is -1.03. The molecule has 0 aromatic rings. The molecule has 0 rings (SSSR count). The van der Waals surface area contributed by atoms with E-state index in [0.29, 0.717) is 12.8 Å². The van der Waals surface area contributed by atoms with E-state index in [9.17, 15) is 24.2 Å². The van der Waals surface area contributed by atoms with Crippen molar-refractivity contribution in [2.75, 3.05) is 26.4 Å². The topological polar surface area (TPSA) is 149 Å². The predicted molar refractivity (Wildman–Crippen MR) is 242 cm³/mol. The fraction of sp³-hybridized carbons (Fsp3) is 0.708. The van der Waals surface area contributed by atoms with Crippen molar-refractivity contribution in [3.63, 3.8) is 0 Å². The highest BCUT2D eigenvalue weighted by Crippen LogP contribution is 2.43. The molecule has 11 heteroatoms.